The van der Waals surface area contributed by atoms with Crippen LogP contribution in [-0.4, -0.2) is 4.57 Å². The number of para-hydroxylation sites is 1. The van der Waals surface area contributed by atoms with Crippen molar-refractivity contribution in [3.05, 3.63) is 93.0 Å². The van der Waals surface area contributed by atoms with Crippen molar-refractivity contribution in [1.82, 2.24) is 4.57 Å². The van der Waals surface area contributed by atoms with Gasteiger partial charge in [0.2, 0.25) is 0 Å². The van der Waals surface area contributed by atoms with Crippen LogP contribution < -0.4 is 24.8 Å². The third-order valence-electron chi connectivity index (χ3n) is 5.65. The molecule has 2 aliphatic rings. The number of benzene rings is 2. The zero-order valence-electron chi connectivity index (χ0n) is 16.4. The van der Waals surface area contributed by atoms with Gasteiger partial charge in [0, 0.05) is 0 Å². The van der Waals surface area contributed by atoms with Gasteiger partial charge in [-0.1, -0.05) is 0 Å². The van der Waals surface area contributed by atoms with E-state index >= 15 is 0 Å². The third-order valence-corrected chi connectivity index (χ3v) is 12.0. The second kappa shape index (κ2) is 9.64. The molecular weight excluding hydrogens is 564 g/mol. The molecule has 3 aromatic rings. The molecule has 1 atom stereocenters. The van der Waals surface area contributed by atoms with Crippen LogP contribution in [0.4, 0.5) is 0 Å². The number of halogens is 2. The van der Waals surface area contributed by atoms with Crippen LogP contribution in [0.1, 0.15) is 41.0 Å². The van der Waals surface area contributed by atoms with E-state index in [0.717, 1.165) is 0 Å². The van der Waals surface area contributed by atoms with Gasteiger partial charge in [0.05, 0.1) is 0 Å². The molecule has 2 aliphatic carbocycles. The van der Waals surface area contributed by atoms with Crippen LogP contribution in [0.3, 0.4) is 0 Å². The van der Waals surface area contributed by atoms with E-state index < -0.39 is 22.9 Å². The van der Waals surface area contributed by atoms with Crippen LogP contribution in [0.2, 0.25) is 0 Å². The smallest absolute Gasteiger partial charge is 1.00 e. The number of fused-ring (bicyclic) bond motifs is 2. The van der Waals surface area contributed by atoms with Crippen LogP contribution in [-0.2, 0) is 22.9 Å². The first-order valence-corrected chi connectivity index (χ1v) is 13.7. The van der Waals surface area contributed by atoms with Crippen LogP contribution in [0, 0.1) is 0 Å². The Morgan fingerprint density at radius 2 is 1.79 bits per heavy atom. The maximum absolute atomic E-state index is 2.45. The molecule has 0 radical (unpaired) electrons. The molecule has 1 heterocycles. The first-order chi connectivity index (χ1) is 13.3. The normalized spacial score (nSPS) is 16.9. The molecule has 0 aliphatic heterocycles. The van der Waals surface area contributed by atoms with E-state index in [1.54, 1.807) is 11.1 Å². The SMILES string of the molecule is CCCC1=[C]([Hf+2][CH]2C(n3ccc4ccccc43)=Cc3ccccc32)CC=C1.[Cl-].[Cl-]. The summed E-state index contributed by atoms with van der Waals surface area (Å²) in [6.45, 7) is 2.30. The molecular formula is C25H23Cl2HfN. The maximum Gasteiger partial charge on any atom is -1.00 e. The number of aromatic nitrogens is 1. The van der Waals surface area contributed by atoms with E-state index in [0.29, 0.717) is 3.67 Å². The number of allylic oxidation sites excluding steroid dienone is 5. The van der Waals surface area contributed by atoms with Crippen molar-refractivity contribution in [2.75, 3.05) is 0 Å². The molecule has 2 aromatic carbocycles. The summed E-state index contributed by atoms with van der Waals surface area (Å²) in [4.78, 5) is 0. The summed E-state index contributed by atoms with van der Waals surface area (Å²) in [5.74, 6) is 0. The quantitative estimate of drug-likeness (QED) is 0.390. The zero-order chi connectivity index (χ0) is 18.2. The number of nitrogens with zero attached hydrogens (tertiary/aromatic N) is 1. The Morgan fingerprint density at radius 3 is 2.66 bits per heavy atom. The Hall–Kier alpha value is -1.35. The summed E-state index contributed by atoms with van der Waals surface area (Å²) >= 11 is -1.04. The predicted octanol–water partition coefficient (Wildman–Crippen LogP) is 0.799. The second-order valence-electron chi connectivity index (χ2n) is 7.38. The minimum Gasteiger partial charge on any atom is -1.00 e. The molecule has 5 rings (SSSR count). The molecule has 1 aromatic heterocycles. The largest absolute Gasteiger partial charge is 1.00 e. The van der Waals surface area contributed by atoms with Gasteiger partial charge in [-0.3, -0.25) is 0 Å². The van der Waals surface area contributed by atoms with Crippen molar-refractivity contribution in [2.45, 2.75) is 29.9 Å². The second-order valence-corrected chi connectivity index (χ2v) is 12.7. The van der Waals surface area contributed by atoms with E-state index in [-0.39, 0.29) is 24.8 Å². The summed E-state index contributed by atoms with van der Waals surface area (Å²) in [6, 6.07) is 20.1. The minimum absolute atomic E-state index is 0. The van der Waals surface area contributed by atoms with Gasteiger partial charge in [-0.05, 0) is 0 Å². The van der Waals surface area contributed by atoms with Gasteiger partial charge in [-0.15, -0.1) is 0 Å². The number of rotatable bonds is 5. The number of hydrogen-bond donors (Lipinski definition) is 0. The molecule has 0 bridgehead atoms. The van der Waals surface area contributed by atoms with Crippen molar-refractivity contribution in [2.24, 2.45) is 0 Å². The first-order valence-electron chi connectivity index (χ1n) is 9.87. The summed E-state index contributed by atoms with van der Waals surface area (Å²) < 4.78 is 4.90. The molecule has 0 saturated heterocycles. The van der Waals surface area contributed by atoms with Crippen LogP contribution in [0.15, 0.2) is 81.8 Å². The summed E-state index contributed by atoms with van der Waals surface area (Å²) in [5, 5.41) is 1.33. The molecule has 4 heteroatoms. The molecule has 0 N–H and O–H groups in total. The summed E-state index contributed by atoms with van der Waals surface area (Å²) in [6.07, 6.45) is 13.2. The fourth-order valence-electron chi connectivity index (χ4n) is 4.36. The van der Waals surface area contributed by atoms with Crippen LogP contribution in [0.25, 0.3) is 22.7 Å². The van der Waals surface area contributed by atoms with Gasteiger partial charge in [-0.2, -0.15) is 0 Å². The van der Waals surface area contributed by atoms with Gasteiger partial charge in [0.15, 0.2) is 0 Å². The predicted molar refractivity (Wildman–Crippen MR) is 111 cm³/mol. The van der Waals surface area contributed by atoms with Gasteiger partial charge in [0.1, 0.15) is 0 Å². The molecule has 0 amide bonds. The zero-order valence-corrected chi connectivity index (χ0v) is 21.5. The Kier molecular flexibility index (Phi) is 7.42. The van der Waals surface area contributed by atoms with Crippen molar-refractivity contribution in [3.8, 4) is 0 Å². The number of hydrogen-bond acceptors (Lipinski definition) is 0. The molecule has 0 spiro atoms. The minimum atomic E-state index is -1.04. The van der Waals surface area contributed by atoms with Crippen molar-refractivity contribution in [3.63, 3.8) is 0 Å². The first kappa shape index (κ1) is 22.3. The Balaban J connectivity index is 0.00000120. The molecule has 29 heavy (non-hydrogen) atoms. The van der Waals surface area contributed by atoms with E-state index in [4.69, 9.17) is 0 Å². The summed E-state index contributed by atoms with van der Waals surface area (Å²) in [5.41, 5.74) is 7.46. The van der Waals surface area contributed by atoms with E-state index in [1.165, 1.54) is 41.4 Å². The Bertz CT molecular complexity index is 1110. The van der Waals surface area contributed by atoms with E-state index in [9.17, 15) is 0 Å². The van der Waals surface area contributed by atoms with Gasteiger partial charge in [0.25, 0.3) is 0 Å². The maximum atomic E-state index is 2.45. The molecule has 0 saturated carbocycles. The monoisotopic (exact) mass is 587 g/mol. The summed E-state index contributed by atoms with van der Waals surface area (Å²) in [7, 11) is 0. The standard InChI is InChI=1S/C17H12N.C8H11.2ClH.Hf/c1-2-7-15-12-16(11-14(15)6-1)18-10-9-13-5-3-4-8-17(13)18;1-2-5-8-6-3-4-7-8;;;/h1-12H;3,6H,2,4-5H2,1H3;2*1H;/q;;;;+2/p-2. The van der Waals surface area contributed by atoms with Crippen molar-refractivity contribution >= 4 is 22.7 Å². The molecule has 1 nitrogen and oxygen atoms in total. The third kappa shape index (κ3) is 4.13. The van der Waals surface area contributed by atoms with Crippen LogP contribution >= 0.6 is 0 Å². The fourth-order valence-corrected chi connectivity index (χ4v) is 10.7. The van der Waals surface area contributed by atoms with E-state index in [2.05, 4.69) is 90.5 Å². The van der Waals surface area contributed by atoms with Crippen LogP contribution in [0.5, 0.6) is 0 Å². The molecule has 1 unspecified atom stereocenters. The Morgan fingerprint density at radius 1 is 1.00 bits per heavy atom. The van der Waals surface area contributed by atoms with Crippen molar-refractivity contribution < 1.29 is 47.7 Å². The van der Waals surface area contributed by atoms with E-state index in [1.807, 2.05) is 3.33 Å². The van der Waals surface area contributed by atoms with Gasteiger partial charge < -0.3 is 24.8 Å². The average Bonchev–Trinajstić information content (AvgIpc) is 3.40. The van der Waals surface area contributed by atoms with Gasteiger partial charge in [-0.25, -0.2) is 0 Å². The fraction of sp³-hybridized carbons (Fsp3) is 0.200. The molecule has 0 fully saturated rings. The Labute approximate surface area is 196 Å². The topological polar surface area (TPSA) is 4.93 Å². The average molecular weight is 587 g/mol. The van der Waals surface area contributed by atoms with Gasteiger partial charge >= 0.3 is 173 Å². The van der Waals surface area contributed by atoms with Crippen molar-refractivity contribution in [1.29, 1.82) is 0 Å². The molecule has 146 valence electrons.